The molecular weight excluding hydrogens is 430 g/mol. The highest BCUT2D eigenvalue weighted by molar-refractivity contribution is 7.89. The van der Waals surface area contributed by atoms with Gasteiger partial charge in [-0.05, 0) is 89.3 Å². The molecule has 0 aliphatic carbocycles. The van der Waals surface area contributed by atoms with E-state index >= 15 is 0 Å². The van der Waals surface area contributed by atoms with Gasteiger partial charge in [0.2, 0.25) is 15.9 Å². The molecule has 2 saturated heterocycles. The molecule has 1 aromatic carbocycles. The molecule has 1 amide bonds. The third kappa shape index (κ3) is 6.30. The maximum atomic E-state index is 12.9. The van der Waals surface area contributed by atoms with E-state index in [9.17, 15) is 18.0 Å². The van der Waals surface area contributed by atoms with E-state index in [0.29, 0.717) is 44.0 Å². The second kappa shape index (κ2) is 11.2. The summed E-state index contributed by atoms with van der Waals surface area (Å²) in [6, 6.07) is 5.80. The summed E-state index contributed by atoms with van der Waals surface area (Å²) in [6.07, 6.45) is 4.40. The summed E-state index contributed by atoms with van der Waals surface area (Å²) in [7, 11) is -1.51. The standard InChI is InChI=1S/C23H35N3O5S/c1-3-31-23(28)20-4-6-21(7-5-20)32(29,30)26-16-11-19(12-17-26)22(27)24-13-8-18-9-14-25(2)15-10-18/h4-7,18-19H,3,8-17H2,1-2H3,(H,24,27). The van der Waals surface area contributed by atoms with Crippen molar-refractivity contribution in [2.24, 2.45) is 11.8 Å². The molecule has 0 atom stereocenters. The van der Waals surface area contributed by atoms with E-state index in [2.05, 4.69) is 17.3 Å². The zero-order valence-electron chi connectivity index (χ0n) is 19.1. The highest BCUT2D eigenvalue weighted by Crippen LogP contribution is 2.25. The summed E-state index contributed by atoms with van der Waals surface area (Å²) < 4.78 is 32.3. The topological polar surface area (TPSA) is 96.0 Å². The van der Waals surface area contributed by atoms with Crippen LogP contribution in [0, 0.1) is 11.8 Å². The van der Waals surface area contributed by atoms with E-state index in [1.807, 2.05) is 0 Å². The number of piperidine rings is 2. The minimum absolute atomic E-state index is 0.0359. The number of likely N-dealkylation sites (tertiary alicyclic amines) is 1. The Morgan fingerprint density at radius 1 is 1.03 bits per heavy atom. The fourth-order valence-electron chi connectivity index (χ4n) is 4.38. The number of amides is 1. The SMILES string of the molecule is CCOC(=O)c1ccc(S(=O)(=O)N2CCC(C(=O)NCCC3CCN(C)CC3)CC2)cc1. The Kier molecular flexibility index (Phi) is 8.67. The van der Waals surface area contributed by atoms with E-state index in [1.165, 1.54) is 41.4 Å². The Hall–Kier alpha value is -1.97. The Morgan fingerprint density at radius 2 is 1.66 bits per heavy atom. The monoisotopic (exact) mass is 465 g/mol. The molecule has 1 N–H and O–H groups in total. The van der Waals surface area contributed by atoms with E-state index in [-0.39, 0.29) is 23.3 Å². The summed E-state index contributed by atoms with van der Waals surface area (Å²) in [5.74, 6) is 0.0895. The quantitative estimate of drug-likeness (QED) is 0.591. The zero-order chi connectivity index (χ0) is 23.1. The van der Waals surface area contributed by atoms with Gasteiger partial charge in [0.15, 0.2) is 0 Å². The zero-order valence-corrected chi connectivity index (χ0v) is 19.9. The number of carbonyl (C=O) groups excluding carboxylic acids is 2. The number of rotatable bonds is 8. The Labute approximate surface area is 191 Å². The first-order chi connectivity index (χ1) is 15.3. The predicted molar refractivity (Wildman–Crippen MR) is 122 cm³/mol. The third-order valence-electron chi connectivity index (χ3n) is 6.52. The largest absolute Gasteiger partial charge is 0.462 e. The lowest BCUT2D eigenvalue weighted by Crippen LogP contribution is -2.43. The van der Waals surface area contributed by atoms with Crippen molar-refractivity contribution in [2.75, 3.05) is 46.4 Å². The summed E-state index contributed by atoms with van der Waals surface area (Å²) in [5, 5.41) is 3.06. The van der Waals surface area contributed by atoms with Gasteiger partial charge in [0.25, 0.3) is 0 Å². The van der Waals surface area contributed by atoms with Crippen LogP contribution < -0.4 is 5.32 Å². The Balaban J connectivity index is 1.45. The van der Waals surface area contributed by atoms with Gasteiger partial charge >= 0.3 is 5.97 Å². The highest BCUT2D eigenvalue weighted by Gasteiger charge is 2.32. The van der Waals surface area contributed by atoms with Crippen LogP contribution >= 0.6 is 0 Å². The lowest BCUT2D eigenvalue weighted by molar-refractivity contribution is -0.126. The van der Waals surface area contributed by atoms with Gasteiger partial charge in [-0.2, -0.15) is 4.31 Å². The number of hydrogen-bond donors (Lipinski definition) is 1. The smallest absolute Gasteiger partial charge is 0.338 e. The molecule has 2 heterocycles. The highest BCUT2D eigenvalue weighted by atomic mass is 32.2. The molecule has 2 aliphatic rings. The number of nitrogens with zero attached hydrogens (tertiary/aromatic N) is 2. The number of sulfonamides is 1. The van der Waals surface area contributed by atoms with Crippen molar-refractivity contribution < 1.29 is 22.7 Å². The molecule has 0 radical (unpaired) electrons. The van der Waals surface area contributed by atoms with Gasteiger partial charge in [0.1, 0.15) is 0 Å². The molecule has 178 valence electrons. The molecule has 2 fully saturated rings. The molecule has 0 saturated carbocycles. The summed E-state index contributed by atoms with van der Waals surface area (Å²) >= 11 is 0. The van der Waals surface area contributed by atoms with Crippen LogP contribution in [-0.2, 0) is 19.6 Å². The van der Waals surface area contributed by atoms with E-state index in [0.717, 1.165) is 19.5 Å². The summed E-state index contributed by atoms with van der Waals surface area (Å²) in [6.45, 7) is 5.55. The molecule has 9 heteroatoms. The maximum absolute atomic E-state index is 12.9. The van der Waals surface area contributed by atoms with Crippen molar-refractivity contribution in [2.45, 2.75) is 43.9 Å². The minimum atomic E-state index is -3.66. The molecule has 0 bridgehead atoms. The molecular formula is C23H35N3O5S. The van der Waals surface area contributed by atoms with Gasteiger partial charge < -0.3 is 15.0 Å². The predicted octanol–water partition coefficient (Wildman–Crippen LogP) is 2.11. The van der Waals surface area contributed by atoms with Crippen LogP contribution in [0.1, 0.15) is 49.4 Å². The van der Waals surface area contributed by atoms with Crippen molar-refractivity contribution in [1.82, 2.24) is 14.5 Å². The van der Waals surface area contributed by atoms with Crippen LogP contribution in [0.2, 0.25) is 0 Å². The van der Waals surface area contributed by atoms with Crippen LogP contribution in [0.3, 0.4) is 0 Å². The lowest BCUT2D eigenvalue weighted by atomic mass is 9.93. The number of benzene rings is 1. The number of ether oxygens (including phenoxy) is 1. The van der Waals surface area contributed by atoms with Crippen molar-refractivity contribution >= 4 is 21.9 Å². The first-order valence-electron chi connectivity index (χ1n) is 11.5. The molecule has 2 aliphatic heterocycles. The molecule has 3 rings (SSSR count). The maximum Gasteiger partial charge on any atom is 0.338 e. The van der Waals surface area contributed by atoms with Gasteiger partial charge in [-0.3, -0.25) is 4.79 Å². The fraction of sp³-hybridized carbons (Fsp3) is 0.652. The molecule has 1 aromatic rings. The van der Waals surface area contributed by atoms with Crippen LogP contribution in [0.5, 0.6) is 0 Å². The first kappa shape index (κ1) is 24.7. The Morgan fingerprint density at radius 3 is 2.25 bits per heavy atom. The van der Waals surface area contributed by atoms with Crippen molar-refractivity contribution in [1.29, 1.82) is 0 Å². The van der Waals surface area contributed by atoms with Gasteiger partial charge in [-0.1, -0.05) is 0 Å². The van der Waals surface area contributed by atoms with E-state index < -0.39 is 16.0 Å². The van der Waals surface area contributed by atoms with Gasteiger partial charge in [-0.25, -0.2) is 13.2 Å². The van der Waals surface area contributed by atoms with Gasteiger partial charge in [-0.15, -0.1) is 0 Å². The fourth-order valence-corrected chi connectivity index (χ4v) is 5.85. The molecule has 32 heavy (non-hydrogen) atoms. The van der Waals surface area contributed by atoms with Crippen molar-refractivity contribution in [3.63, 3.8) is 0 Å². The second-order valence-electron chi connectivity index (χ2n) is 8.75. The van der Waals surface area contributed by atoms with Crippen LogP contribution in [-0.4, -0.2) is 75.9 Å². The van der Waals surface area contributed by atoms with Crippen LogP contribution in [0.15, 0.2) is 29.2 Å². The molecule has 0 spiro atoms. The first-order valence-corrected chi connectivity index (χ1v) is 13.0. The molecule has 0 unspecified atom stereocenters. The average Bonchev–Trinajstić information content (AvgIpc) is 2.80. The van der Waals surface area contributed by atoms with Gasteiger partial charge in [0, 0.05) is 25.6 Å². The third-order valence-corrected chi connectivity index (χ3v) is 8.43. The lowest BCUT2D eigenvalue weighted by Gasteiger charge is -2.31. The minimum Gasteiger partial charge on any atom is -0.462 e. The number of nitrogens with one attached hydrogen (secondary N) is 1. The second-order valence-corrected chi connectivity index (χ2v) is 10.7. The normalized spacial score (nSPS) is 19.6. The summed E-state index contributed by atoms with van der Waals surface area (Å²) in [4.78, 5) is 26.8. The number of esters is 1. The molecule has 8 nitrogen and oxygen atoms in total. The van der Waals surface area contributed by atoms with E-state index in [4.69, 9.17) is 4.74 Å². The van der Waals surface area contributed by atoms with Crippen molar-refractivity contribution in [3.8, 4) is 0 Å². The summed E-state index contributed by atoms with van der Waals surface area (Å²) in [5.41, 5.74) is 0.321. The van der Waals surface area contributed by atoms with E-state index in [1.54, 1.807) is 6.92 Å². The van der Waals surface area contributed by atoms with Gasteiger partial charge in [0.05, 0.1) is 17.1 Å². The Bertz CT molecular complexity index is 871. The number of hydrogen-bond acceptors (Lipinski definition) is 6. The van der Waals surface area contributed by atoms with Crippen molar-refractivity contribution in [3.05, 3.63) is 29.8 Å². The molecule has 0 aromatic heterocycles. The van der Waals surface area contributed by atoms with Crippen LogP contribution in [0.25, 0.3) is 0 Å². The average molecular weight is 466 g/mol. The van der Waals surface area contributed by atoms with Crippen LogP contribution in [0.4, 0.5) is 0 Å². The number of carbonyl (C=O) groups is 2.